The second kappa shape index (κ2) is 6.89. The number of carbonyl (C=O) groups excluding carboxylic acids is 1. The summed E-state index contributed by atoms with van der Waals surface area (Å²) in [7, 11) is 0. The van der Waals surface area contributed by atoms with Crippen LogP contribution in [0.5, 0.6) is 0 Å². The number of hydrogen-bond acceptors (Lipinski definition) is 5. The predicted octanol–water partition coefficient (Wildman–Crippen LogP) is 4.57. The number of halogens is 3. The predicted molar refractivity (Wildman–Crippen MR) is 97.8 cm³/mol. The van der Waals surface area contributed by atoms with Gasteiger partial charge in [0.2, 0.25) is 0 Å². The maximum absolute atomic E-state index is 13.3. The van der Waals surface area contributed by atoms with Crippen LogP contribution >= 0.6 is 11.3 Å². The van der Waals surface area contributed by atoms with E-state index in [9.17, 15) is 18.0 Å². The monoisotopic (exact) mass is 408 g/mol. The van der Waals surface area contributed by atoms with E-state index in [-0.39, 0.29) is 11.7 Å². The first-order chi connectivity index (χ1) is 13.3. The molecule has 7 nitrogen and oxygen atoms in total. The third-order valence-electron chi connectivity index (χ3n) is 4.21. The summed E-state index contributed by atoms with van der Waals surface area (Å²) in [4.78, 5) is 20.1. The highest BCUT2D eigenvalue weighted by Crippen LogP contribution is 2.42. The summed E-state index contributed by atoms with van der Waals surface area (Å²) in [6, 6.07) is 3.44. The number of urea groups is 1. The highest BCUT2D eigenvalue weighted by Gasteiger charge is 2.39. The molecule has 11 heteroatoms. The Morgan fingerprint density at radius 1 is 1.25 bits per heavy atom. The fourth-order valence-corrected chi connectivity index (χ4v) is 3.32. The van der Waals surface area contributed by atoms with Gasteiger partial charge in [0.1, 0.15) is 10.7 Å². The number of thiazole rings is 1. The molecule has 3 aromatic rings. The molecule has 2 amide bonds. The van der Waals surface area contributed by atoms with Crippen molar-refractivity contribution in [3.05, 3.63) is 47.0 Å². The largest absolute Gasteiger partial charge is 0.433 e. The van der Waals surface area contributed by atoms with Gasteiger partial charge in [-0.15, -0.1) is 11.3 Å². The highest BCUT2D eigenvalue weighted by molar-refractivity contribution is 7.14. The molecule has 1 aliphatic carbocycles. The minimum atomic E-state index is -4.54. The van der Waals surface area contributed by atoms with Gasteiger partial charge in [-0.25, -0.2) is 19.4 Å². The van der Waals surface area contributed by atoms with Crippen LogP contribution in [0.2, 0.25) is 0 Å². The quantitative estimate of drug-likeness (QED) is 0.662. The number of aryl methyl sites for hydroxylation is 1. The number of hydrogen-bond donors (Lipinski definition) is 2. The molecular weight excluding hydrogens is 393 g/mol. The van der Waals surface area contributed by atoms with Crippen LogP contribution in [0.4, 0.5) is 28.7 Å². The first-order valence-electron chi connectivity index (χ1n) is 8.43. The molecule has 146 valence electrons. The molecule has 0 aliphatic heterocycles. The summed E-state index contributed by atoms with van der Waals surface area (Å²) in [6.45, 7) is 1.76. The second-order valence-electron chi connectivity index (χ2n) is 6.39. The lowest BCUT2D eigenvalue weighted by Crippen LogP contribution is -2.19. The molecule has 1 aliphatic rings. The lowest BCUT2D eigenvalue weighted by molar-refractivity contribution is -0.142. The molecule has 3 heterocycles. The third kappa shape index (κ3) is 3.84. The highest BCUT2D eigenvalue weighted by atomic mass is 32.1. The average Bonchev–Trinajstić information content (AvgIpc) is 3.26. The number of nitrogens with zero attached hydrogens (tertiary/aromatic N) is 4. The van der Waals surface area contributed by atoms with Gasteiger partial charge in [-0.2, -0.15) is 18.3 Å². The normalized spacial score (nSPS) is 14.1. The molecule has 0 atom stereocenters. The Bertz CT molecular complexity index is 1010. The van der Waals surface area contributed by atoms with Gasteiger partial charge >= 0.3 is 12.2 Å². The first-order valence-corrected chi connectivity index (χ1v) is 9.31. The SMILES string of the molecule is Cc1ncsc1NC(=O)Nc1ccc(-n2nc(C3CC3)cc2C(F)(F)F)nc1. The van der Waals surface area contributed by atoms with E-state index in [4.69, 9.17) is 0 Å². The lowest BCUT2D eigenvalue weighted by atomic mass is 10.2. The minimum Gasteiger partial charge on any atom is -0.306 e. The Hall–Kier alpha value is -2.95. The molecule has 0 saturated heterocycles. The smallest absolute Gasteiger partial charge is 0.306 e. The minimum absolute atomic E-state index is 0.0310. The van der Waals surface area contributed by atoms with E-state index >= 15 is 0 Å². The van der Waals surface area contributed by atoms with Crippen molar-refractivity contribution in [2.75, 3.05) is 10.6 Å². The van der Waals surface area contributed by atoms with Crippen molar-refractivity contribution in [2.24, 2.45) is 0 Å². The van der Waals surface area contributed by atoms with E-state index in [1.54, 1.807) is 12.4 Å². The standard InChI is InChI=1S/C17H15F3N6OS/c1-9-15(28-8-22-9)24-16(27)23-11-4-5-14(21-7-11)26-13(17(18,19)20)6-12(25-26)10-2-3-10/h4-8,10H,2-3H2,1H3,(H2,23,24,27). The van der Waals surface area contributed by atoms with Crippen LogP contribution < -0.4 is 10.6 Å². The molecule has 4 rings (SSSR count). The number of pyridine rings is 1. The number of nitrogens with one attached hydrogen (secondary N) is 2. The van der Waals surface area contributed by atoms with Crippen molar-refractivity contribution in [1.82, 2.24) is 19.7 Å². The summed E-state index contributed by atoms with van der Waals surface area (Å²) >= 11 is 1.28. The van der Waals surface area contributed by atoms with Crippen molar-refractivity contribution >= 4 is 28.1 Å². The number of rotatable bonds is 4. The van der Waals surface area contributed by atoms with Crippen LogP contribution in [-0.2, 0) is 6.18 Å². The van der Waals surface area contributed by atoms with Crippen LogP contribution in [0, 0.1) is 6.92 Å². The van der Waals surface area contributed by atoms with Crippen molar-refractivity contribution in [3.8, 4) is 5.82 Å². The van der Waals surface area contributed by atoms with Gasteiger partial charge in [0.15, 0.2) is 5.82 Å². The summed E-state index contributed by atoms with van der Waals surface area (Å²) in [5.41, 5.74) is 2.21. The van der Waals surface area contributed by atoms with E-state index in [2.05, 4.69) is 25.7 Å². The summed E-state index contributed by atoms with van der Waals surface area (Å²) in [6.07, 6.45) is -1.56. The first kappa shape index (κ1) is 18.4. The topological polar surface area (TPSA) is 84.7 Å². The van der Waals surface area contributed by atoms with Gasteiger partial charge in [-0.1, -0.05) is 0 Å². The van der Waals surface area contributed by atoms with Gasteiger partial charge in [0.25, 0.3) is 0 Å². The lowest BCUT2D eigenvalue weighted by Gasteiger charge is -2.10. The van der Waals surface area contributed by atoms with Crippen LogP contribution in [0.15, 0.2) is 29.9 Å². The average molecular weight is 408 g/mol. The van der Waals surface area contributed by atoms with Crippen LogP contribution in [0.25, 0.3) is 5.82 Å². The molecule has 28 heavy (non-hydrogen) atoms. The molecule has 2 N–H and O–H groups in total. The number of amides is 2. The number of alkyl halides is 3. The fraction of sp³-hybridized carbons (Fsp3) is 0.294. The zero-order valence-corrected chi connectivity index (χ0v) is 15.4. The Labute approximate surface area is 161 Å². The van der Waals surface area contributed by atoms with Crippen LogP contribution in [0.1, 0.15) is 35.8 Å². The molecule has 3 aromatic heterocycles. The zero-order chi connectivity index (χ0) is 19.9. The van der Waals surface area contributed by atoms with Crippen LogP contribution in [-0.4, -0.2) is 25.8 Å². The summed E-state index contributed by atoms with van der Waals surface area (Å²) in [5.74, 6) is 0.116. The zero-order valence-electron chi connectivity index (χ0n) is 14.6. The van der Waals surface area contributed by atoms with Gasteiger partial charge in [0.05, 0.1) is 28.8 Å². The summed E-state index contributed by atoms with van der Waals surface area (Å²) < 4.78 is 40.8. The number of carbonyl (C=O) groups is 1. The van der Waals surface area contributed by atoms with E-state index < -0.39 is 17.9 Å². The molecule has 0 bridgehead atoms. The number of aromatic nitrogens is 4. The maximum atomic E-state index is 13.3. The number of anilines is 2. The molecular formula is C17H15F3N6OS. The molecule has 1 saturated carbocycles. The Morgan fingerprint density at radius 2 is 2.04 bits per heavy atom. The second-order valence-corrected chi connectivity index (χ2v) is 7.24. The Balaban J connectivity index is 1.52. The Morgan fingerprint density at radius 3 is 2.61 bits per heavy atom. The molecule has 1 fully saturated rings. The van der Waals surface area contributed by atoms with E-state index in [1.807, 2.05) is 0 Å². The van der Waals surface area contributed by atoms with Crippen molar-refractivity contribution < 1.29 is 18.0 Å². The van der Waals surface area contributed by atoms with Gasteiger partial charge in [-0.05, 0) is 38.0 Å². The summed E-state index contributed by atoms with van der Waals surface area (Å²) in [5, 5.41) is 9.93. The fourth-order valence-electron chi connectivity index (χ4n) is 2.63. The van der Waals surface area contributed by atoms with Crippen LogP contribution in [0.3, 0.4) is 0 Å². The molecule has 0 radical (unpaired) electrons. The maximum Gasteiger partial charge on any atom is 0.433 e. The molecule has 0 spiro atoms. The van der Waals surface area contributed by atoms with Gasteiger partial charge in [0, 0.05) is 5.92 Å². The van der Waals surface area contributed by atoms with E-state index in [0.717, 1.165) is 23.6 Å². The van der Waals surface area contributed by atoms with Gasteiger partial charge < -0.3 is 5.32 Å². The Kier molecular flexibility index (Phi) is 4.53. The van der Waals surface area contributed by atoms with Crippen molar-refractivity contribution in [1.29, 1.82) is 0 Å². The van der Waals surface area contributed by atoms with Gasteiger partial charge in [-0.3, -0.25) is 5.32 Å². The third-order valence-corrected chi connectivity index (χ3v) is 5.05. The van der Waals surface area contributed by atoms with Crippen molar-refractivity contribution in [2.45, 2.75) is 31.9 Å². The van der Waals surface area contributed by atoms with Crippen molar-refractivity contribution in [3.63, 3.8) is 0 Å². The molecule has 0 aromatic carbocycles. The molecule has 0 unspecified atom stereocenters. The van der Waals surface area contributed by atoms with E-state index in [1.165, 1.54) is 29.7 Å². The van der Waals surface area contributed by atoms with E-state index in [0.29, 0.717) is 22.1 Å².